The minimum atomic E-state index is -0.184. The van der Waals surface area contributed by atoms with Gasteiger partial charge in [0.1, 0.15) is 11.5 Å². The molecule has 0 saturated carbocycles. The Labute approximate surface area is 151 Å². The maximum absolute atomic E-state index is 12.6. The summed E-state index contributed by atoms with van der Waals surface area (Å²) in [6.07, 6.45) is 1.65. The molecule has 0 fully saturated rings. The van der Waals surface area contributed by atoms with Crippen molar-refractivity contribution in [2.24, 2.45) is 0 Å². The fourth-order valence-electron chi connectivity index (χ4n) is 2.76. The van der Waals surface area contributed by atoms with Gasteiger partial charge in [-0.25, -0.2) is 0 Å². The molecule has 0 radical (unpaired) electrons. The number of rotatable bonds is 6. The SMILES string of the molecule is CCOc1ccc2c(c1)OC(=Cc1cc(OC)c(OC)c(OC)c1)C2=O. The second kappa shape index (κ2) is 7.39. The van der Waals surface area contributed by atoms with Crippen molar-refractivity contribution in [3.63, 3.8) is 0 Å². The standard InChI is InChI=1S/C20H20O6/c1-5-25-13-6-7-14-15(11-13)26-16(19(14)21)8-12-9-17(22-2)20(24-4)18(10-12)23-3/h6-11H,5H2,1-4H3. The molecule has 0 aromatic heterocycles. The molecule has 1 heterocycles. The minimum absolute atomic E-state index is 0.184. The molecule has 0 N–H and O–H groups in total. The van der Waals surface area contributed by atoms with Crippen molar-refractivity contribution in [1.82, 2.24) is 0 Å². The van der Waals surface area contributed by atoms with E-state index in [1.165, 1.54) is 21.3 Å². The fourth-order valence-corrected chi connectivity index (χ4v) is 2.76. The smallest absolute Gasteiger partial charge is 0.231 e. The van der Waals surface area contributed by atoms with E-state index in [2.05, 4.69) is 0 Å². The van der Waals surface area contributed by atoms with Crippen molar-refractivity contribution in [3.05, 3.63) is 47.2 Å². The molecule has 1 aliphatic rings. The number of ketones is 1. The summed E-state index contributed by atoms with van der Waals surface area (Å²) in [5.74, 6) is 2.67. The van der Waals surface area contributed by atoms with Crippen LogP contribution in [0, 0.1) is 0 Å². The van der Waals surface area contributed by atoms with Crippen LogP contribution in [0.5, 0.6) is 28.7 Å². The van der Waals surface area contributed by atoms with Gasteiger partial charge < -0.3 is 23.7 Å². The lowest BCUT2D eigenvalue weighted by Gasteiger charge is -2.13. The predicted molar refractivity (Wildman–Crippen MR) is 96.6 cm³/mol. The van der Waals surface area contributed by atoms with Gasteiger partial charge in [-0.3, -0.25) is 4.79 Å². The first-order valence-corrected chi connectivity index (χ1v) is 8.12. The number of Topliss-reactive ketones (excluding diaryl/α,β-unsaturated/α-hetero) is 1. The molecule has 0 bridgehead atoms. The van der Waals surface area contributed by atoms with Gasteiger partial charge in [-0.1, -0.05) is 0 Å². The minimum Gasteiger partial charge on any atom is -0.494 e. The molecule has 0 unspecified atom stereocenters. The van der Waals surface area contributed by atoms with Gasteiger partial charge in [0.2, 0.25) is 11.5 Å². The van der Waals surface area contributed by atoms with Gasteiger partial charge in [-0.15, -0.1) is 0 Å². The first-order valence-electron chi connectivity index (χ1n) is 8.12. The molecule has 0 aliphatic carbocycles. The predicted octanol–water partition coefficient (Wildman–Crippen LogP) is 3.73. The zero-order chi connectivity index (χ0) is 18.7. The number of carbonyl (C=O) groups is 1. The summed E-state index contributed by atoms with van der Waals surface area (Å²) in [6, 6.07) is 8.68. The molecule has 0 atom stereocenters. The highest BCUT2D eigenvalue weighted by Gasteiger charge is 2.28. The van der Waals surface area contributed by atoms with Crippen LogP contribution < -0.4 is 23.7 Å². The van der Waals surface area contributed by atoms with E-state index in [9.17, 15) is 4.79 Å². The van der Waals surface area contributed by atoms with E-state index in [1.807, 2.05) is 6.92 Å². The Morgan fingerprint density at radius 1 is 1.00 bits per heavy atom. The highest BCUT2D eigenvalue weighted by molar-refractivity contribution is 6.14. The highest BCUT2D eigenvalue weighted by atomic mass is 16.5. The van der Waals surface area contributed by atoms with E-state index in [0.717, 1.165) is 0 Å². The molecule has 136 valence electrons. The zero-order valence-corrected chi connectivity index (χ0v) is 15.1. The number of allylic oxidation sites excluding steroid dienone is 1. The number of hydrogen-bond acceptors (Lipinski definition) is 6. The van der Waals surface area contributed by atoms with Gasteiger partial charge in [0, 0.05) is 6.07 Å². The van der Waals surface area contributed by atoms with E-state index in [-0.39, 0.29) is 11.5 Å². The molecule has 6 heteroatoms. The first kappa shape index (κ1) is 17.7. The van der Waals surface area contributed by atoms with Crippen LogP contribution >= 0.6 is 0 Å². The second-order valence-electron chi connectivity index (χ2n) is 5.49. The van der Waals surface area contributed by atoms with Crippen molar-refractivity contribution in [2.75, 3.05) is 27.9 Å². The van der Waals surface area contributed by atoms with Crippen LogP contribution in [0.25, 0.3) is 6.08 Å². The van der Waals surface area contributed by atoms with E-state index < -0.39 is 0 Å². The fraction of sp³-hybridized carbons (Fsp3) is 0.250. The van der Waals surface area contributed by atoms with Crippen molar-refractivity contribution in [1.29, 1.82) is 0 Å². The molecule has 2 aromatic carbocycles. The lowest BCUT2D eigenvalue weighted by atomic mass is 10.1. The first-order chi connectivity index (χ1) is 12.6. The third-order valence-electron chi connectivity index (χ3n) is 3.94. The summed E-state index contributed by atoms with van der Waals surface area (Å²) in [5.41, 5.74) is 1.20. The van der Waals surface area contributed by atoms with E-state index >= 15 is 0 Å². The summed E-state index contributed by atoms with van der Waals surface area (Å²) in [5, 5.41) is 0. The number of methoxy groups -OCH3 is 3. The van der Waals surface area contributed by atoms with Gasteiger partial charge in [0.05, 0.1) is 33.5 Å². The molecule has 0 saturated heterocycles. The van der Waals surface area contributed by atoms with E-state index in [1.54, 1.807) is 36.4 Å². The zero-order valence-electron chi connectivity index (χ0n) is 15.1. The van der Waals surface area contributed by atoms with E-state index in [4.69, 9.17) is 23.7 Å². The quantitative estimate of drug-likeness (QED) is 0.735. The molecule has 6 nitrogen and oxygen atoms in total. The monoisotopic (exact) mass is 356 g/mol. The molecular weight excluding hydrogens is 336 g/mol. The van der Waals surface area contributed by atoms with Crippen LogP contribution in [-0.2, 0) is 0 Å². The van der Waals surface area contributed by atoms with Crippen LogP contribution in [-0.4, -0.2) is 33.7 Å². The van der Waals surface area contributed by atoms with Crippen LogP contribution in [0.3, 0.4) is 0 Å². The van der Waals surface area contributed by atoms with Gasteiger partial charge >= 0.3 is 0 Å². The molecule has 26 heavy (non-hydrogen) atoms. The number of benzene rings is 2. The summed E-state index contributed by atoms with van der Waals surface area (Å²) in [6.45, 7) is 2.44. The van der Waals surface area contributed by atoms with Gasteiger partial charge in [0.25, 0.3) is 0 Å². The molecule has 0 amide bonds. The normalized spacial score (nSPS) is 14.0. The summed E-state index contributed by atoms with van der Waals surface area (Å²) >= 11 is 0. The Morgan fingerprint density at radius 2 is 1.69 bits per heavy atom. The third kappa shape index (κ3) is 3.18. The lowest BCUT2D eigenvalue weighted by molar-refractivity contribution is 0.101. The number of ether oxygens (including phenoxy) is 5. The average Bonchev–Trinajstić information content (AvgIpc) is 2.96. The largest absolute Gasteiger partial charge is 0.494 e. The van der Waals surface area contributed by atoms with E-state index in [0.29, 0.717) is 46.5 Å². The van der Waals surface area contributed by atoms with Crippen LogP contribution in [0.2, 0.25) is 0 Å². The topological polar surface area (TPSA) is 63.2 Å². The third-order valence-corrected chi connectivity index (χ3v) is 3.94. The summed E-state index contributed by atoms with van der Waals surface area (Å²) in [4.78, 5) is 12.6. The lowest BCUT2D eigenvalue weighted by Crippen LogP contribution is -1.99. The van der Waals surface area contributed by atoms with Gasteiger partial charge in [0.15, 0.2) is 17.3 Å². The van der Waals surface area contributed by atoms with Crippen LogP contribution in [0.15, 0.2) is 36.1 Å². The Balaban J connectivity index is 1.97. The molecule has 0 spiro atoms. The Bertz CT molecular complexity index is 844. The van der Waals surface area contributed by atoms with Crippen molar-refractivity contribution in [2.45, 2.75) is 6.92 Å². The summed E-state index contributed by atoms with van der Waals surface area (Å²) in [7, 11) is 4.61. The maximum atomic E-state index is 12.6. The summed E-state index contributed by atoms with van der Waals surface area (Å²) < 4.78 is 27.2. The Kier molecular flexibility index (Phi) is 5.02. The molecular formula is C20H20O6. The van der Waals surface area contributed by atoms with Crippen molar-refractivity contribution < 1.29 is 28.5 Å². The number of hydrogen-bond donors (Lipinski definition) is 0. The van der Waals surface area contributed by atoms with Gasteiger partial charge in [-0.05, 0) is 42.8 Å². The second-order valence-corrected chi connectivity index (χ2v) is 5.49. The Morgan fingerprint density at radius 3 is 2.27 bits per heavy atom. The van der Waals surface area contributed by atoms with Crippen LogP contribution in [0.4, 0.5) is 0 Å². The van der Waals surface area contributed by atoms with Gasteiger partial charge in [-0.2, -0.15) is 0 Å². The maximum Gasteiger partial charge on any atom is 0.231 e. The highest BCUT2D eigenvalue weighted by Crippen LogP contribution is 2.40. The molecule has 1 aliphatic heterocycles. The molecule has 2 aromatic rings. The van der Waals surface area contributed by atoms with Crippen molar-refractivity contribution >= 4 is 11.9 Å². The number of fused-ring (bicyclic) bond motifs is 1. The average molecular weight is 356 g/mol. The Hall–Kier alpha value is -3.15. The van der Waals surface area contributed by atoms with Crippen LogP contribution in [0.1, 0.15) is 22.8 Å². The molecule has 3 rings (SSSR count). The van der Waals surface area contributed by atoms with Crippen molar-refractivity contribution in [3.8, 4) is 28.7 Å². The number of carbonyl (C=O) groups excluding carboxylic acids is 1.